The Kier molecular flexibility index (Phi) is 6.64. The molecule has 2 saturated heterocycles. The summed E-state index contributed by atoms with van der Waals surface area (Å²) < 4.78 is 14.7. The topological polar surface area (TPSA) is 118 Å². The molecule has 0 aliphatic carbocycles. The molecule has 0 saturated carbocycles. The van der Waals surface area contributed by atoms with Crippen molar-refractivity contribution >= 4 is 23.8 Å². The molecule has 2 amide bonds. The first-order chi connectivity index (χ1) is 15.9. The van der Waals surface area contributed by atoms with Crippen LogP contribution in [0.25, 0.3) is 5.69 Å². The Morgan fingerprint density at radius 3 is 2.79 bits per heavy atom. The van der Waals surface area contributed by atoms with Gasteiger partial charge in [-0.1, -0.05) is 0 Å². The number of hydrogen-bond acceptors (Lipinski definition) is 6. The summed E-state index contributed by atoms with van der Waals surface area (Å²) >= 11 is 0. The Morgan fingerprint density at radius 2 is 2.06 bits per heavy atom. The van der Waals surface area contributed by atoms with Gasteiger partial charge in [0.25, 0.3) is 0 Å². The number of urea groups is 1. The summed E-state index contributed by atoms with van der Waals surface area (Å²) in [5.74, 6) is -0.0301. The molecule has 2 aliphatic rings. The predicted molar refractivity (Wildman–Crippen MR) is 128 cm³/mol. The van der Waals surface area contributed by atoms with Crippen LogP contribution in [0, 0.1) is 11.2 Å². The number of carbonyl (C=O) groups excluding carboxylic acids is 1. The second-order valence-corrected chi connectivity index (χ2v) is 8.90. The average Bonchev–Trinajstić information content (AvgIpc) is 3.37. The van der Waals surface area contributed by atoms with Gasteiger partial charge in [0, 0.05) is 44.9 Å². The van der Waals surface area contributed by atoms with Crippen LogP contribution < -0.4 is 16.8 Å². The summed E-state index contributed by atoms with van der Waals surface area (Å²) in [5.41, 5.74) is 13.9. The van der Waals surface area contributed by atoms with E-state index >= 15 is 0 Å². The number of anilines is 2. The van der Waals surface area contributed by atoms with E-state index in [-0.39, 0.29) is 17.3 Å². The van der Waals surface area contributed by atoms with Crippen molar-refractivity contribution in [1.82, 2.24) is 19.6 Å². The van der Waals surface area contributed by atoms with E-state index in [9.17, 15) is 9.18 Å². The number of nitrogens with one attached hydrogen (secondary N) is 1. The van der Waals surface area contributed by atoms with Gasteiger partial charge >= 0.3 is 6.03 Å². The minimum atomic E-state index is -0.328. The summed E-state index contributed by atoms with van der Waals surface area (Å²) in [7, 11) is 1.74. The average molecular weight is 455 g/mol. The van der Waals surface area contributed by atoms with E-state index in [1.54, 1.807) is 37.8 Å². The van der Waals surface area contributed by atoms with Crippen molar-refractivity contribution < 1.29 is 9.18 Å². The lowest BCUT2D eigenvalue weighted by atomic mass is 9.79. The molecule has 0 radical (unpaired) electrons. The number of amides is 2. The lowest BCUT2D eigenvalue weighted by molar-refractivity contribution is 0.104. The number of carbonyl (C=O) groups is 1. The van der Waals surface area contributed by atoms with Crippen molar-refractivity contribution in [3.63, 3.8) is 0 Å². The number of benzene rings is 1. The Labute approximate surface area is 192 Å². The highest BCUT2D eigenvalue weighted by Gasteiger charge is 2.43. The number of aliphatic imine (C=N–C) groups is 1. The maximum Gasteiger partial charge on any atom is 0.323 e. The van der Waals surface area contributed by atoms with E-state index < -0.39 is 0 Å². The lowest BCUT2D eigenvalue weighted by Gasteiger charge is -2.40. The summed E-state index contributed by atoms with van der Waals surface area (Å²) in [5, 5.41) is 7.21. The zero-order chi connectivity index (χ0) is 23.4. The molecule has 4 rings (SSSR count). The van der Waals surface area contributed by atoms with Crippen LogP contribution in [0.3, 0.4) is 0 Å². The van der Waals surface area contributed by atoms with Gasteiger partial charge in [-0.3, -0.25) is 15.2 Å². The van der Waals surface area contributed by atoms with Gasteiger partial charge in [0.1, 0.15) is 5.82 Å². The molecule has 0 bridgehead atoms. The maximum absolute atomic E-state index is 13.2. The SMILES string of the molecule is CN=C/C(=C\N)CN1CCCC2(CCN(C(=O)Nc3nn(-c4ccc(F)cc4)cc3N)C2)C1. The van der Waals surface area contributed by atoms with E-state index in [0.717, 1.165) is 44.5 Å². The molecule has 3 heterocycles. The Morgan fingerprint density at radius 1 is 1.27 bits per heavy atom. The maximum atomic E-state index is 13.2. The molecule has 1 spiro atoms. The molecule has 1 unspecified atom stereocenters. The summed E-state index contributed by atoms with van der Waals surface area (Å²) in [4.78, 5) is 21.3. The molecule has 2 aromatic rings. The quantitative estimate of drug-likeness (QED) is 0.600. The molecule has 1 aromatic heterocycles. The molecule has 1 aromatic carbocycles. The third kappa shape index (κ3) is 5.16. The number of rotatable bonds is 5. The summed E-state index contributed by atoms with van der Waals surface area (Å²) in [6.07, 6.45) is 8.16. The number of nitrogens with two attached hydrogens (primary N) is 2. The van der Waals surface area contributed by atoms with Crippen LogP contribution in [0.1, 0.15) is 19.3 Å². The van der Waals surface area contributed by atoms with E-state index in [0.29, 0.717) is 30.3 Å². The summed E-state index contributed by atoms with van der Waals surface area (Å²) in [6, 6.07) is 5.70. The van der Waals surface area contributed by atoms with Gasteiger partial charge in [-0.15, -0.1) is 5.10 Å². The number of hydrogen-bond donors (Lipinski definition) is 3. The highest BCUT2D eigenvalue weighted by molar-refractivity contribution is 5.91. The Hall–Kier alpha value is -3.40. The zero-order valence-electron chi connectivity index (χ0n) is 18.9. The molecule has 2 fully saturated rings. The van der Waals surface area contributed by atoms with Crippen molar-refractivity contribution in [2.24, 2.45) is 16.1 Å². The highest BCUT2D eigenvalue weighted by atomic mass is 19.1. The normalized spacial score (nSPS) is 21.9. The fourth-order valence-electron chi connectivity index (χ4n) is 4.84. The van der Waals surface area contributed by atoms with Gasteiger partial charge in [0.2, 0.25) is 0 Å². The molecule has 2 aliphatic heterocycles. The second kappa shape index (κ2) is 9.62. The monoisotopic (exact) mass is 454 g/mol. The third-order valence-corrected chi connectivity index (χ3v) is 6.44. The van der Waals surface area contributed by atoms with Crippen molar-refractivity contribution in [2.45, 2.75) is 19.3 Å². The molecule has 5 N–H and O–H groups in total. The smallest absolute Gasteiger partial charge is 0.323 e. The van der Waals surface area contributed by atoms with Crippen molar-refractivity contribution in [2.75, 3.05) is 50.8 Å². The number of piperidine rings is 1. The largest absolute Gasteiger partial charge is 0.404 e. The van der Waals surface area contributed by atoms with E-state index in [1.807, 2.05) is 4.90 Å². The van der Waals surface area contributed by atoms with Gasteiger partial charge < -0.3 is 16.4 Å². The van der Waals surface area contributed by atoms with Gasteiger partial charge in [-0.25, -0.2) is 13.9 Å². The Bertz CT molecular complexity index is 1050. The first-order valence-corrected chi connectivity index (χ1v) is 11.1. The summed E-state index contributed by atoms with van der Waals surface area (Å²) in [6.45, 7) is 4.08. The van der Waals surface area contributed by atoms with E-state index in [1.165, 1.54) is 16.8 Å². The number of nitrogen functional groups attached to an aromatic ring is 1. The molecule has 10 heteroatoms. The van der Waals surface area contributed by atoms with Crippen LogP contribution in [0.15, 0.2) is 47.2 Å². The van der Waals surface area contributed by atoms with Crippen molar-refractivity contribution in [3.8, 4) is 5.69 Å². The van der Waals surface area contributed by atoms with Crippen LogP contribution >= 0.6 is 0 Å². The van der Waals surface area contributed by atoms with Crippen LogP contribution in [-0.2, 0) is 0 Å². The second-order valence-electron chi connectivity index (χ2n) is 8.90. The van der Waals surface area contributed by atoms with Crippen molar-refractivity contribution in [3.05, 3.63) is 48.1 Å². The van der Waals surface area contributed by atoms with Gasteiger partial charge in [-0.05, 0) is 61.8 Å². The minimum absolute atomic E-state index is 0.0810. The molecular formula is C23H31FN8O. The highest BCUT2D eigenvalue weighted by Crippen LogP contribution is 2.39. The van der Waals surface area contributed by atoms with Crippen molar-refractivity contribution in [1.29, 1.82) is 0 Å². The first-order valence-electron chi connectivity index (χ1n) is 11.1. The first kappa shape index (κ1) is 22.8. The molecule has 9 nitrogen and oxygen atoms in total. The van der Waals surface area contributed by atoms with Gasteiger partial charge in [-0.2, -0.15) is 0 Å². The van der Waals surface area contributed by atoms with Gasteiger partial charge in [0.15, 0.2) is 5.82 Å². The van der Waals surface area contributed by atoms with Gasteiger partial charge in [0.05, 0.1) is 17.6 Å². The fourth-order valence-corrected chi connectivity index (χ4v) is 4.84. The van der Waals surface area contributed by atoms with E-state index in [2.05, 4.69) is 20.3 Å². The third-order valence-electron chi connectivity index (χ3n) is 6.44. The zero-order valence-corrected chi connectivity index (χ0v) is 18.9. The van der Waals surface area contributed by atoms with Crippen LogP contribution in [0.5, 0.6) is 0 Å². The number of nitrogens with zero attached hydrogens (tertiary/aromatic N) is 5. The van der Waals surface area contributed by atoms with Crippen LogP contribution in [0.2, 0.25) is 0 Å². The Balaban J connectivity index is 1.38. The lowest BCUT2D eigenvalue weighted by Crippen LogP contribution is -2.46. The number of halogens is 1. The standard InChI is InChI=1S/C23H31FN8O/c1-27-12-17(11-25)13-30-9-2-7-23(15-30)8-10-31(16-23)22(33)28-21-20(26)14-32(29-21)19-5-3-18(24)4-6-19/h3-6,11-12,14H,2,7-10,13,15-16,25-26H2,1H3,(H,28,29,33)/b17-11+,27-12?. The molecule has 1 atom stereocenters. The number of aromatic nitrogens is 2. The number of likely N-dealkylation sites (tertiary alicyclic amines) is 2. The fraction of sp³-hybridized carbons (Fsp3) is 0.435. The minimum Gasteiger partial charge on any atom is -0.404 e. The van der Waals surface area contributed by atoms with E-state index in [4.69, 9.17) is 11.5 Å². The van der Waals surface area contributed by atoms with Crippen LogP contribution in [0.4, 0.5) is 20.7 Å². The predicted octanol–water partition coefficient (Wildman–Crippen LogP) is 2.46. The molecular weight excluding hydrogens is 423 g/mol. The molecule has 176 valence electrons. The van der Waals surface area contributed by atoms with Crippen LogP contribution in [-0.4, -0.2) is 71.6 Å². The molecule has 33 heavy (non-hydrogen) atoms.